The lowest BCUT2D eigenvalue weighted by atomic mass is 10.0. The van der Waals surface area contributed by atoms with Crippen molar-refractivity contribution < 1.29 is 62.2 Å². The van der Waals surface area contributed by atoms with Crippen molar-refractivity contribution in [3.8, 4) is 33.8 Å². The van der Waals surface area contributed by atoms with E-state index in [1.807, 2.05) is 0 Å². The van der Waals surface area contributed by atoms with Crippen LogP contribution in [0.3, 0.4) is 0 Å². The largest absolute Gasteiger partial charge is 0.493 e. The monoisotopic (exact) mass is 722 g/mol. The van der Waals surface area contributed by atoms with Crippen molar-refractivity contribution in [3.63, 3.8) is 0 Å². The number of rotatable bonds is 15. The molecule has 0 heterocycles. The van der Waals surface area contributed by atoms with Gasteiger partial charge >= 0.3 is 12.4 Å². The highest BCUT2D eigenvalue weighted by molar-refractivity contribution is 5.67. The van der Waals surface area contributed by atoms with Crippen LogP contribution in [0.2, 0.25) is 0 Å². The van der Waals surface area contributed by atoms with E-state index in [1.165, 1.54) is 24.3 Å². The third-order valence-electron chi connectivity index (χ3n) is 7.73. The number of unbranched alkanes of at least 4 members (excludes halogenated alkanes) is 7. The van der Waals surface area contributed by atoms with Gasteiger partial charge in [-0.15, -0.1) is 0 Å². The van der Waals surface area contributed by atoms with Gasteiger partial charge in [-0.1, -0.05) is 38.5 Å². The summed E-state index contributed by atoms with van der Waals surface area (Å²) in [4.78, 5) is 0. The van der Waals surface area contributed by atoms with E-state index >= 15 is 0 Å². The van der Waals surface area contributed by atoms with Crippen LogP contribution in [0.1, 0.15) is 62.5 Å². The zero-order chi connectivity index (χ0) is 36.6. The van der Waals surface area contributed by atoms with Crippen LogP contribution in [0.4, 0.5) is 52.7 Å². The molecule has 0 fully saturated rings. The third kappa shape index (κ3) is 10.1. The zero-order valence-electron chi connectivity index (χ0n) is 26.2. The Labute approximate surface area is 279 Å². The molecule has 0 amide bonds. The fourth-order valence-electron chi connectivity index (χ4n) is 5.28. The van der Waals surface area contributed by atoms with Crippen LogP contribution in [-0.2, 0) is 12.4 Å². The predicted octanol–water partition coefficient (Wildman–Crippen LogP) is 12.5. The molecular weight excluding hydrogens is 692 g/mol. The molecular formula is C36H30F12O2. The first kappa shape index (κ1) is 38.4. The molecule has 0 radical (unpaired) electrons. The average Bonchev–Trinajstić information content (AvgIpc) is 2.99. The Hall–Kier alpha value is -4.36. The highest BCUT2D eigenvalue weighted by atomic mass is 19.4. The molecule has 50 heavy (non-hydrogen) atoms. The van der Waals surface area contributed by atoms with E-state index in [0.717, 1.165) is 50.7 Å². The van der Waals surface area contributed by atoms with Crippen LogP contribution in [0.5, 0.6) is 11.5 Å². The Bertz CT molecular complexity index is 1590. The molecule has 270 valence electrons. The number of ether oxygens (including phenoxy) is 2. The second-order valence-electron chi connectivity index (χ2n) is 11.4. The molecule has 4 rings (SSSR count). The Kier molecular flexibility index (Phi) is 12.7. The van der Waals surface area contributed by atoms with Crippen molar-refractivity contribution in [2.24, 2.45) is 0 Å². The van der Waals surface area contributed by atoms with Gasteiger partial charge in [0, 0.05) is 23.3 Å². The molecule has 4 aromatic carbocycles. The molecule has 0 spiro atoms. The van der Waals surface area contributed by atoms with Crippen LogP contribution in [0, 0.1) is 34.9 Å². The molecule has 0 saturated heterocycles. The van der Waals surface area contributed by atoms with E-state index in [9.17, 15) is 52.7 Å². The maximum absolute atomic E-state index is 14.6. The minimum absolute atomic E-state index is 0.157. The van der Waals surface area contributed by atoms with Crippen molar-refractivity contribution in [1.82, 2.24) is 0 Å². The van der Waals surface area contributed by atoms with Gasteiger partial charge in [-0.2, -0.15) is 26.3 Å². The number of hydrogen-bond donors (Lipinski definition) is 0. The Morgan fingerprint density at radius 2 is 0.680 bits per heavy atom. The van der Waals surface area contributed by atoms with Gasteiger partial charge in [0.1, 0.15) is 57.5 Å². The number of alkyl halides is 6. The lowest BCUT2D eigenvalue weighted by Crippen LogP contribution is -2.11. The third-order valence-corrected chi connectivity index (χ3v) is 7.73. The van der Waals surface area contributed by atoms with Crippen molar-refractivity contribution in [2.75, 3.05) is 13.2 Å². The zero-order valence-corrected chi connectivity index (χ0v) is 26.2. The predicted molar refractivity (Wildman–Crippen MR) is 161 cm³/mol. The molecule has 0 bridgehead atoms. The van der Waals surface area contributed by atoms with Gasteiger partial charge in [0.2, 0.25) is 0 Å². The molecule has 0 aliphatic heterocycles. The van der Waals surface area contributed by atoms with Gasteiger partial charge in [-0.25, -0.2) is 26.3 Å². The van der Waals surface area contributed by atoms with Crippen LogP contribution < -0.4 is 9.47 Å². The molecule has 0 unspecified atom stereocenters. The summed E-state index contributed by atoms with van der Waals surface area (Å²) in [5.74, 6) is -8.89. The topological polar surface area (TPSA) is 18.5 Å². The first-order chi connectivity index (χ1) is 23.6. The van der Waals surface area contributed by atoms with Crippen molar-refractivity contribution in [1.29, 1.82) is 0 Å². The van der Waals surface area contributed by atoms with Gasteiger partial charge in [-0.3, -0.25) is 0 Å². The summed E-state index contributed by atoms with van der Waals surface area (Å²) < 4.78 is 173. The summed E-state index contributed by atoms with van der Waals surface area (Å²) in [5.41, 5.74) is -5.42. The first-order valence-electron chi connectivity index (χ1n) is 15.5. The fourth-order valence-corrected chi connectivity index (χ4v) is 5.28. The summed E-state index contributed by atoms with van der Waals surface area (Å²) in [7, 11) is 0. The molecule has 0 N–H and O–H groups in total. The smallest absolute Gasteiger partial charge is 0.422 e. The molecule has 2 nitrogen and oxygen atoms in total. The maximum Gasteiger partial charge on any atom is 0.422 e. The molecule has 0 atom stereocenters. The average molecular weight is 723 g/mol. The maximum atomic E-state index is 14.6. The van der Waals surface area contributed by atoms with Gasteiger partial charge < -0.3 is 9.47 Å². The minimum atomic E-state index is -5.23. The van der Waals surface area contributed by atoms with E-state index in [2.05, 4.69) is 0 Å². The van der Waals surface area contributed by atoms with E-state index < -0.39 is 58.4 Å². The first-order valence-corrected chi connectivity index (χ1v) is 15.5. The second-order valence-corrected chi connectivity index (χ2v) is 11.4. The normalized spacial score (nSPS) is 12.0. The highest BCUT2D eigenvalue weighted by Gasteiger charge is 2.39. The summed E-state index contributed by atoms with van der Waals surface area (Å²) in [5, 5.41) is 0. The quantitative estimate of drug-likeness (QED) is 0.0898. The van der Waals surface area contributed by atoms with E-state index in [1.54, 1.807) is 0 Å². The highest BCUT2D eigenvalue weighted by Crippen LogP contribution is 2.38. The summed E-state index contributed by atoms with van der Waals surface area (Å²) in [6.45, 7) is 0.554. The van der Waals surface area contributed by atoms with E-state index in [4.69, 9.17) is 9.47 Å². The Balaban J connectivity index is 1.09. The molecule has 0 aliphatic rings. The van der Waals surface area contributed by atoms with Crippen LogP contribution in [-0.4, -0.2) is 13.2 Å². The SMILES string of the molecule is Fc1cc(OCCCCCCCCCCOc2ccc(-c3cc(F)c(C(F)(F)F)c(F)c3)c(F)c2)ccc1-c1cc(F)c(C(F)(F)F)c(F)c1. The summed E-state index contributed by atoms with van der Waals surface area (Å²) in [6.07, 6.45) is -3.73. The lowest BCUT2D eigenvalue weighted by Gasteiger charge is -2.12. The van der Waals surface area contributed by atoms with E-state index in [-0.39, 0.29) is 47.0 Å². The van der Waals surface area contributed by atoms with Crippen LogP contribution >= 0.6 is 0 Å². The summed E-state index contributed by atoms with van der Waals surface area (Å²) >= 11 is 0. The van der Waals surface area contributed by atoms with Gasteiger partial charge in [0.05, 0.1) is 13.2 Å². The van der Waals surface area contributed by atoms with Gasteiger partial charge in [0.25, 0.3) is 0 Å². The van der Waals surface area contributed by atoms with Gasteiger partial charge in [0.15, 0.2) is 0 Å². The number of halogens is 12. The van der Waals surface area contributed by atoms with Crippen LogP contribution in [0.15, 0.2) is 60.7 Å². The number of benzene rings is 4. The molecule has 0 aromatic heterocycles. The Morgan fingerprint density at radius 1 is 0.380 bits per heavy atom. The van der Waals surface area contributed by atoms with E-state index in [0.29, 0.717) is 37.1 Å². The van der Waals surface area contributed by atoms with Crippen LogP contribution in [0.25, 0.3) is 22.3 Å². The number of hydrogen-bond acceptors (Lipinski definition) is 2. The molecule has 14 heteroatoms. The second kappa shape index (κ2) is 16.6. The standard InChI is InChI=1S/C36H30F12O2/c37-27-19-23(9-11-25(27)21-15-29(39)33(30(40)16-21)35(43,44)45)49-13-7-5-3-1-2-4-6-8-14-50-24-10-12-26(28(38)20-24)22-17-31(41)34(32(42)18-22)36(46,47)48/h9-12,15-20H,1-8,13-14H2. The minimum Gasteiger partial charge on any atom is -0.493 e. The van der Waals surface area contributed by atoms with Crippen molar-refractivity contribution in [2.45, 2.75) is 63.7 Å². The Morgan fingerprint density at radius 3 is 0.960 bits per heavy atom. The van der Waals surface area contributed by atoms with Gasteiger partial charge in [-0.05, 0) is 72.5 Å². The van der Waals surface area contributed by atoms with Crippen molar-refractivity contribution >= 4 is 0 Å². The lowest BCUT2D eigenvalue weighted by molar-refractivity contribution is -0.143. The van der Waals surface area contributed by atoms with Crippen molar-refractivity contribution in [3.05, 3.63) is 107 Å². The molecule has 4 aromatic rings. The molecule has 0 saturated carbocycles. The summed E-state index contributed by atoms with van der Waals surface area (Å²) in [6, 6.07) is 8.75. The fraction of sp³-hybridized carbons (Fsp3) is 0.333. The molecule has 0 aliphatic carbocycles.